The van der Waals surface area contributed by atoms with Gasteiger partial charge >= 0.3 is 0 Å². The first-order chi connectivity index (χ1) is 13.3. The van der Waals surface area contributed by atoms with Crippen LogP contribution < -0.4 is 19.5 Å². The van der Waals surface area contributed by atoms with E-state index in [1.54, 1.807) is 7.11 Å². The molecular weight excluding hydrogens is 342 g/mol. The molecule has 0 spiro atoms. The topological polar surface area (TPSA) is 56.8 Å². The van der Waals surface area contributed by atoms with Crippen molar-refractivity contribution in [2.75, 3.05) is 20.3 Å². The lowest BCUT2D eigenvalue weighted by Gasteiger charge is -2.15. The van der Waals surface area contributed by atoms with E-state index in [4.69, 9.17) is 14.2 Å². The van der Waals surface area contributed by atoms with Gasteiger partial charge in [0.25, 0.3) is 5.91 Å². The summed E-state index contributed by atoms with van der Waals surface area (Å²) in [6, 6.07) is 17.3. The number of carbonyl (C=O) groups excluding carboxylic acids is 1. The second-order valence-corrected chi connectivity index (χ2v) is 6.37. The highest BCUT2D eigenvalue weighted by Crippen LogP contribution is 2.36. The lowest BCUT2D eigenvalue weighted by molar-refractivity contribution is 0.0952. The fourth-order valence-corrected chi connectivity index (χ4v) is 3.25. The molecule has 0 fully saturated rings. The van der Waals surface area contributed by atoms with Crippen molar-refractivity contribution in [1.82, 2.24) is 5.32 Å². The van der Waals surface area contributed by atoms with Crippen LogP contribution in [-0.4, -0.2) is 26.2 Å². The molecule has 3 aromatic rings. The number of hydrogen-bond acceptors (Lipinski definition) is 4. The van der Waals surface area contributed by atoms with Crippen LogP contribution >= 0.6 is 0 Å². The third-order valence-electron chi connectivity index (χ3n) is 4.62. The van der Waals surface area contributed by atoms with E-state index in [-0.39, 0.29) is 5.91 Å². The van der Waals surface area contributed by atoms with Crippen LogP contribution in [0.2, 0.25) is 0 Å². The van der Waals surface area contributed by atoms with Crippen molar-refractivity contribution in [2.45, 2.75) is 13.0 Å². The maximum Gasteiger partial charge on any atom is 0.252 e. The van der Waals surface area contributed by atoms with Gasteiger partial charge in [0.05, 0.1) is 20.3 Å². The van der Waals surface area contributed by atoms with E-state index >= 15 is 0 Å². The Labute approximate surface area is 157 Å². The summed E-state index contributed by atoms with van der Waals surface area (Å²) < 4.78 is 16.9. The van der Waals surface area contributed by atoms with Gasteiger partial charge in [0, 0.05) is 30.2 Å². The van der Waals surface area contributed by atoms with Gasteiger partial charge < -0.3 is 19.5 Å². The molecule has 0 atom stereocenters. The van der Waals surface area contributed by atoms with E-state index in [1.165, 1.54) is 0 Å². The molecule has 0 bridgehead atoms. The van der Waals surface area contributed by atoms with Gasteiger partial charge in [-0.15, -0.1) is 0 Å². The summed E-state index contributed by atoms with van der Waals surface area (Å²) in [5.74, 6) is 1.90. The number of carbonyl (C=O) groups is 1. The number of fused-ring (bicyclic) bond motifs is 2. The second kappa shape index (κ2) is 7.58. The number of hydrogen-bond donors (Lipinski definition) is 1. The average Bonchev–Trinajstić information content (AvgIpc) is 2.95. The maximum atomic E-state index is 12.8. The van der Waals surface area contributed by atoms with Crippen molar-refractivity contribution in [1.29, 1.82) is 0 Å². The van der Waals surface area contributed by atoms with Gasteiger partial charge in [-0.2, -0.15) is 0 Å². The smallest absolute Gasteiger partial charge is 0.252 e. The first-order valence-corrected chi connectivity index (χ1v) is 8.99. The predicted octanol–water partition coefficient (Wildman–Crippen LogP) is 3.94. The number of ether oxygens (including phenoxy) is 3. The molecule has 0 aliphatic carbocycles. The van der Waals surface area contributed by atoms with Crippen LogP contribution in [0, 0.1) is 0 Å². The molecule has 5 heteroatoms. The Morgan fingerprint density at radius 1 is 1.04 bits per heavy atom. The van der Waals surface area contributed by atoms with Crippen molar-refractivity contribution >= 4 is 16.7 Å². The summed E-state index contributed by atoms with van der Waals surface area (Å²) in [7, 11) is 1.61. The Kier molecular flexibility index (Phi) is 4.83. The molecule has 5 nitrogen and oxygen atoms in total. The first-order valence-electron chi connectivity index (χ1n) is 8.99. The number of methoxy groups -OCH3 is 1. The third kappa shape index (κ3) is 3.53. The van der Waals surface area contributed by atoms with Crippen molar-refractivity contribution < 1.29 is 19.0 Å². The molecule has 0 aromatic heterocycles. The summed E-state index contributed by atoms with van der Waals surface area (Å²) in [5.41, 5.74) is 1.50. The van der Waals surface area contributed by atoms with E-state index in [1.807, 2.05) is 54.6 Å². The number of benzene rings is 3. The van der Waals surface area contributed by atoms with Crippen LogP contribution in [0.1, 0.15) is 22.3 Å². The molecule has 0 saturated heterocycles. The molecule has 1 N–H and O–H groups in total. The second-order valence-electron chi connectivity index (χ2n) is 6.37. The lowest BCUT2D eigenvalue weighted by atomic mass is 10.0. The van der Waals surface area contributed by atoms with Gasteiger partial charge in [-0.1, -0.05) is 36.4 Å². The van der Waals surface area contributed by atoms with Crippen molar-refractivity contribution in [3.63, 3.8) is 0 Å². The van der Waals surface area contributed by atoms with E-state index in [0.717, 1.165) is 22.8 Å². The minimum Gasteiger partial charge on any atom is -0.496 e. The highest BCUT2D eigenvalue weighted by Gasteiger charge is 2.17. The Bertz CT molecular complexity index is 978. The Balaban J connectivity index is 1.57. The summed E-state index contributed by atoms with van der Waals surface area (Å²) >= 11 is 0. The largest absolute Gasteiger partial charge is 0.496 e. The fourth-order valence-electron chi connectivity index (χ4n) is 3.25. The minimum absolute atomic E-state index is 0.124. The normalized spacial score (nSPS) is 13.1. The fraction of sp³-hybridized carbons (Fsp3) is 0.227. The average molecular weight is 363 g/mol. The predicted molar refractivity (Wildman–Crippen MR) is 104 cm³/mol. The number of amides is 1. The quantitative estimate of drug-likeness (QED) is 0.763. The zero-order valence-electron chi connectivity index (χ0n) is 15.2. The van der Waals surface area contributed by atoms with E-state index < -0.39 is 0 Å². The SMILES string of the molecule is COc1cc2c(cc1CNC(=O)c1cccc3ccccc13)OCCCO2. The monoisotopic (exact) mass is 363 g/mol. The summed E-state index contributed by atoms with van der Waals surface area (Å²) in [6.07, 6.45) is 0.837. The van der Waals surface area contributed by atoms with Crippen LogP contribution in [0.15, 0.2) is 54.6 Å². The summed E-state index contributed by atoms with van der Waals surface area (Å²) in [6.45, 7) is 1.57. The third-order valence-corrected chi connectivity index (χ3v) is 4.62. The summed E-state index contributed by atoms with van der Waals surface area (Å²) in [4.78, 5) is 12.8. The van der Waals surface area contributed by atoms with Gasteiger partial charge in [-0.3, -0.25) is 4.79 Å². The highest BCUT2D eigenvalue weighted by molar-refractivity contribution is 6.06. The van der Waals surface area contributed by atoms with Crippen molar-refractivity contribution in [3.8, 4) is 17.2 Å². The zero-order chi connectivity index (χ0) is 18.6. The molecule has 1 amide bonds. The molecular formula is C22H21NO4. The lowest BCUT2D eigenvalue weighted by Crippen LogP contribution is -2.23. The molecule has 1 aliphatic rings. The molecule has 0 saturated carbocycles. The van der Waals surface area contributed by atoms with E-state index in [9.17, 15) is 4.79 Å². The molecule has 3 aromatic carbocycles. The molecule has 138 valence electrons. The van der Waals surface area contributed by atoms with Crippen molar-refractivity contribution in [3.05, 3.63) is 65.7 Å². The Morgan fingerprint density at radius 3 is 2.59 bits per heavy atom. The van der Waals surface area contributed by atoms with E-state index in [2.05, 4.69) is 5.32 Å². The minimum atomic E-state index is -0.124. The van der Waals surface area contributed by atoms with Crippen LogP contribution in [0.25, 0.3) is 10.8 Å². The molecule has 1 heterocycles. The molecule has 1 aliphatic heterocycles. The van der Waals surface area contributed by atoms with Crippen LogP contribution in [-0.2, 0) is 6.54 Å². The molecule has 0 radical (unpaired) electrons. The standard InChI is InChI=1S/C22H21NO4/c1-25-19-13-21-20(26-10-5-11-27-21)12-16(19)14-23-22(24)18-9-4-7-15-6-2-3-8-17(15)18/h2-4,6-9,12-13H,5,10-11,14H2,1H3,(H,23,24). The highest BCUT2D eigenvalue weighted by atomic mass is 16.5. The van der Waals surface area contributed by atoms with Gasteiger partial charge in [0.15, 0.2) is 11.5 Å². The van der Waals surface area contributed by atoms with Gasteiger partial charge in [0.1, 0.15) is 5.75 Å². The van der Waals surface area contributed by atoms with Gasteiger partial charge in [-0.25, -0.2) is 0 Å². The molecule has 0 unspecified atom stereocenters. The first kappa shape index (κ1) is 17.2. The van der Waals surface area contributed by atoms with Gasteiger partial charge in [-0.05, 0) is 22.9 Å². The number of nitrogens with one attached hydrogen (secondary N) is 1. The van der Waals surface area contributed by atoms with Crippen LogP contribution in [0.5, 0.6) is 17.2 Å². The van der Waals surface area contributed by atoms with Gasteiger partial charge in [0.2, 0.25) is 0 Å². The van der Waals surface area contributed by atoms with Crippen LogP contribution in [0.3, 0.4) is 0 Å². The van der Waals surface area contributed by atoms with E-state index in [0.29, 0.717) is 42.6 Å². The van der Waals surface area contributed by atoms with Crippen molar-refractivity contribution in [2.24, 2.45) is 0 Å². The Morgan fingerprint density at radius 2 is 1.78 bits per heavy atom. The summed E-state index contributed by atoms with van der Waals surface area (Å²) in [5, 5.41) is 4.96. The number of rotatable bonds is 4. The maximum absolute atomic E-state index is 12.8. The zero-order valence-corrected chi connectivity index (χ0v) is 15.2. The Hall–Kier alpha value is -3.21. The molecule has 4 rings (SSSR count). The van der Waals surface area contributed by atoms with Crippen LogP contribution in [0.4, 0.5) is 0 Å². The molecule has 27 heavy (non-hydrogen) atoms.